The minimum Gasteiger partial charge on any atom is -0.468 e. The lowest BCUT2D eigenvalue weighted by Gasteiger charge is -2.43. The van der Waals surface area contributed by atoms with E-state index in [-0.39, 0.29) is 10.1 Å². The zero-order valence-corrected chi connectivity index (χ0v) is 24.2. The lowest BCUT2D eigenvalue weighted by Crippen LogP contribution is -2.52. The standard InChI is InChI=1S/C22H38ClN5O3Si2/c1-21(2,3)32(7,8)30-16-14(11-23)29-20(17(16)31-33(9,10)22(4,5)6)28-13-27-15-18(24)25-12-26-19(15)28/h11-13,16-17,20H,1-10H3,(H2,24,25,26)/b14-11-/t16-,17-,20?/m1/s1. The second-order valence-electron chi connectivity index (χ2n) is 11.7. The van der Waals surface area contributed by atoms with Crippen molar-refractivity contribution >= 4 is 45.2 Å². The molecule has 0 bridgehead atoms. The molecule has 3 heterocycles. The summed E-state index contributed by atoms with van der Waals surface area (Å²) in [5, 5.41) is 0.00349. The molecule has 0 radical (unpaired) electrons. The number of imidazole rings is 1. The van der Waals surface area contributed by atoms with Crippen LogP contribution in [0.5, 0.6) is 0 Å². The van der Waals surface area contributed by atoms with Crippen LogP contribution >= 0.6 is 11.6 Å². The van der Waals surface area contributed by atoms with E-state index in [1.54, 1.807) is 6.33 Å². The third-order valence-electron chi connectivity index (χ3n) is 7.35. The minimum atomic E-state index is -2.21. The van der Waals surface area contributed by atoms with Crippen molar-refractivity contribution in [1.82, 2.24) is 19.5 Å². The molecule has 1 saturated heterocycles. The van der Waals surface area contributed by atoms with E-state index in [2.05, 4.69) is 82.7 Å². The van der Waals surface area contributed by atoms with Gasteiger partial charge in [-0.05, 0) is 36.3 Å². The Labute approximate surface area is 204 Å². The molecule has 11 heteroatoms. The molecule has 0 amide bonds. The van der Waals surface area contributed by atoms with Crippen molar-refractivity contribution in [2.45, 2.75) is 96.2 Å². The molecule has 0 spiro atoms. The molecule has 1 fully saturated rings. The smallest absolute Gasteiger partial charge is 0.206 e. The van der Waals surface area contributed by atoms with Gasteiger partial charge in [0, 0.05) is 5.54 Å². The zero-order valence-electron chi connectivity index (χ0n) is 21.4. The van der Waals surface area contributed by atoms with Crippen LogP contribution in [-0.4, -0.2) is 48.4 Å². The molecule has 3 atom stereocenters. The highest BCUT2D eigenvalue weighted by Gasteiger charge is 2.53. The summed E-state index contributed by atoms with van der Waals surface area (Å²) < 4.78 is 22.1. The van der Waals surface area contributed by atoms with Crippen LogP contribution in [0.1, 0.15) is 47.8 Å². The van der Waals surface area contributed by atoms with Gasteiger partial charge in [0.05, 0.1) is 0 Å². The van der Waals surface area contributed by atoms with Crippen molar-refractivity contribution < 1.29 is 13.6 Å². The predicted molar refractivity (Wildman–Crippen MR) is 138 cm³/mol. The molecule has 2 N–H and O–H groups in total. The average molecular weight is 512 g/mol. The van der Waals surface area contributed by atoms with Gasteiger partial charge in [-0.1, -0.05) is 53.1 Å². The van der Waals surface area contributed by atoms with Crippen molar-refractivity contribution in [2.75, 3.05) is 5.73 Å². The van der Waals surface area contributed by atoms with Gasteiger partial charge in [-0.2, -0.15) is 0 Å². The number of nitrogen functional groups attached to an aromatic ring is 1. The van der Waals surface area contributed by atoms with Crippen LogP contribution in [0.4, 0.5) is 5.82 Å². The number of aromatic nitrogens is 4. The molecule has 2 aromatic heterocycles. The Balaban J connectivity index is 2.12. The molecule has 1 aliphatic rings. The summed E-state index contributed by atoms with van der Waals surface area (Å²) in [6.45, 7) is 22.2. The van der Waals surface area contributed by atoms with Gasteiger partial charge in [-0.25, -0.2) is 15.0 Å². The summed E-state index contributed by atoms with van der Waals surface area (Å²) >= 11 is 6.28. The molecular formula is C22H38ClN5O3Si2. The molecular weight excluding hydrogens is 474 g/mol. The quantitative estimate of drug-likeness (QED) is 0.506. The van der Waals surface area contributed by atoms with Gasteiger partial charge in [-0.3, -0.25) is 4.57 Å². The molecule has 2 aromatic rings. The summed E-state index contributed by atoms with van der Waals surface area (Å²) in [6, 6.07) is 0. The lowest BCUT2D eigenvalue weighted by molar-refractivity contribution is -0.00174. The Bertz CT molecular complexity index is 1040. The van der Waals surface area contributed by atoms with Crippen LogP contribution in [-0.2, 0) is 13.6 Å². The Morgan fingerprint density at radius 2 is 1.58 bits per heavy atom. The first-order chi connectivity index (χ1) is 15.0. The van der Waals surface area contributed by atoms with Crippen LogP contribution in [0.2, 0.25) is 36.3 Å². The average Bonchev–Trinajstić information content (AvgIpc) is 3.22. The number of nitrogens with two attached hydrogens (primary N) is 1. The Morgan fingerprint density at radius 1 is 1.00 bits per heavy atom. The van der Waals surface area contributed by atoms with Gasteiger partial charge in [0.1, 0.15) is 36.1 Å². The van der Waals surface area contributed by atoms with E-state index >= 15 is 0 Å². The molecule has 0 aromatic carbocycles. The molecule has 0 aliphatic carbocycles. The number of hydrogen-bond donors (Lipinski definition) is 1. The van der Waals surface area contributed by atoms with Crippen molar-refractivity contribution in [3.63, 3.8) is 0 Å². The van der Waals surface area contributed by atoms with Crippen LogP contribution in [0.25, 0.3) is 11.2 Å². The van der Waals surface area contributed by atoms with Gasteiger partial charge in [-0.15, -0.1) is 0 Å². The predicted octanol–water partition coefficient (Wildman–Crippen LogP) is 5.80. The van der Waals surface area contributed by atoms with E-state index < -0.39 is 35.1 Å². The molecule has 184 valence electrons. The van der Waals surface area contributed by atoms with Gasteiger partial charge < -0.3 is 19.3 Å². The summed E-state index contributed by atoms with van der Waals surface area (Å²) in [4.78, 5) is 12.9. The fourth-order valence-electron chi connectivity index (χ4n) is 3.20. The number of ether oxygens (including phenoxy) is 1. The highest BCUT2D eigenvalue weighted by atomic mass is 35.5. The van der Waals surface area contributed by atoms with E-state index in [0.29, 0.717) is 22.7 Å². The molecule has 1 unspecified atom stereocenters. The summed E-state index contributed by atoms with van der Waals surface area (Å²) in [5.41, 5.74) is 8.60. The zero-order chi connectivity index (χ0) is 25.0. The van der Waals surface area contributed by atoms with Crippen LogP contribution in [0.3, 0.4) is 0 Å². The normalized spacial score (nSPS) is 24.0. The number of hydrogen-bond acceptors (Lipinski definition) is 7. The molecule has 3 rings (SSSR count). The molecule has 1 aliphatic heterocycles. The van der Waals surface area contributed by atoms with Crippen molar-refractivity contribution in [2.24, 2.45) is 0 Å². The molecule has 33 heavy (non-hydrogen) atoms. The third-order valence-corrected chi connectivity index (χ3v) is 16.5. The summed E-state index contributed by atoms with van der Waals surface area (Å²) in [6.07, 6.45) is 1.66. The maximum Gasteiger partial charge on any atom is 0.206 e. The number of halogens is 1. The number of nitrogens with zero attached hydrogens (tertiary/aromatic N) is 4. The number of rotatable bonds is 5. The first-order valence-corrected chi connectivity index (χ1v) is 17.5. The monoisotopic (exact) mass is 511 g/mol. The fraction of sp³-hybridized carbons (Fsp3) is 0.682. The van der Waals surface area contributed by atoms with Crippen LogP contribution < -0.4 is 5.73 Å². The Morgan fingerprint density at radius 3 is 2.12 bits per heavy atom. The van der Waals surface area contributed by atoms with E-state index in [1.165, 1.54) is 11.9 Å². The maximum absolute atomic E-state index is 6.97. The fourth-order valence-corrected chi connectivity index (χ4v) is 5.89. The van der Waals surface area contributed by atoms with Crippen molar-refractivity contribution in [3.05, 3.63) is 23.9 Å². The second kappa shape index (κ2) is 8.64. The van der Waals surface area contributed by atoms with Gasteiger partial charge in [0.2, 0.25) is 6.23 Å². The van der Waals surface area contributed by atoms with E-state index in [0.717, 1.165) is 0 Å². The second-order valence-corrected chi connectivity index (χ2v) is 21.5. The molecule has 8 nitrogen and oxygen atoms in total. The summed E-state index contributed by atoms with van der Waals surface area (Å²) in [7, 11) is -4.40. The van der Waals surface area contributed by atoms with Crippen LogP contribution in [0.15, 0.2) is 23.9 Å². The number of anilines is 1. The lowest BCUT2D eigenvalue weighted by atomic mass is 10.2. The van der Waals surface area contributed by atoms with Gasteiger partial charge in [0.15, 0.2) is 28.1 Å². The first kappa shape index (κ1) is 26.1. The molecule has 0 saturated carbocycles. The van der Waals surface area contributed by atoms with Crippen molar-refractivity contribution in [3.8, 4) is 0 Å². The van der Waals surface area contributed by atoms with Gasteiger partial charge >= 0.3 is 0 Å². The highest BCUT2D eigenvalue weighted by Crippen LogP contribution is 2.47. The highest BCUT2D eigenvalue weighted by molar-refractivity contribution is 6.74. The van der Waals surface area contributed by atoms with E-state index in [4.69, 9.17) is 30.9 Å². The Hall–Kier alpha value is -1.47. The largest absolute Gasteiger partial charge is 0.468 e. The SMILES string of the molecule is CC(C)(C)[Si](C)(C)O[C@@H]1/C(=C/Cl)OC(n2cnc3c(N)ncnc32)[C@@H]1O[Si](C)(C)C(C)(C)C. The van der Waals surface area contributed by atoms with Crippen molar-refractivity contribution in [1.29, 1.82) is 0 Å². The maximum atomic E-state index is 6.97. The Kier molecular flexibility index (Phi) is 6.84. The van der Waals surface area contributed by atoms with Crippen LogP contribution in [0, 0.1) is 0 Å². The van der Waals surface area contributed by atoms with Gasteiger partial charge in [0.25, 0.3) is 0 Å². The minimum absolute atomic E-state index is 0.00386. The number of fused-ring (bicyclic) bond motifs is 1. The topological polar surface area (TPSA) is 97.3 Å². The van der Waals surface area contributed by atoms with E-state index in [9.17, 15) is 0 Å². The summed E-state index contributed by atoms with van der Waals surface area (Å²) in [5.74, 6) is 0.875. The third kappa shape index (κ3) is 4.86. The first-order valence-electron chi connectivity index (χ1n) is 11.3. The van der Waals surface area contributed by atoms with E-state index in [1.807, 2.05) is 4.57 Å².